The van der Waals surface area contributed by atoms with E-state index >= 15 is 0 Å². The molecule has 1 aromatic rings. The molecule has 0 saturated carbocycles. The highest BCUT2D eigenvalue weighted by Crippen LogP contribution is 2.26. The van der Waals surface area contributed by atoms with E-state index in [-0.39, 0.29) is 34.4 Å². The first kappa shape index (κ1) is 15.9. The third-order valence-corrected chi connectivity index (χ3v) is 4.65. The summed E-state index contributed by atoms with van der Waals surface area (Å²) in [6, 6.07) is 2.00. The lowest BCUT2D eigenvalue weighted by Crippen LogP contribution is -2.26. The number of anilines is 1. The van der Waals surface area contributed by atoms with E-state index in [1.54, 1.807) is 0 Å². The van der Waals surface area contributed by atoms with Crippen molar-refractivity contribution in [3.05, 3.63) is 22.4 Å². The molecule has 0 unspecified atom stereocenters. The fourth-order valence-corrected chi connectivity index (χ4v) is 3.42. The van der Waals surface area contributed by atoms with Gasteiger partial charge in [-0.05, 0) is 34.5 Å². The van der Waals surface area contributed by atoms with E-state index in [1.807, 2.05) is 0 Å². The van der Waals surface area contributed by atoms with E-state index < -0.39 is 21.7 Å². The van der Waals surface area contributed by atoms with Gasteiger partial charge in [0.1, 0.15) is 5.82 Å². The molecule has 0 radical (unpaired) electrons. The van der Waals surface area contributed by atoms with Crippen molar-refractivity contribution in [2.75, 3.05) is 12.3 Å². The SMILES string of the molecule is NC(=O)CCCNS(=O)(=O)c1cc(N)c(F)cc1Br. The fraction of sp³-hybridized carbons (Fsp3) is 0.300. The standard InChI is InChI=1S/C10H13BrFN3O3S/c11-6-4-7(12)8(13)5-9(6)19(17,18)15-3-1-2-10(14)16/h4-5,15H,1-3,13H2,(H2,14,16). The molecule has 0 heterocycles. The Kier molecular flexibility index (Phi) is 5.27. The number of nitrogen functional groups attached to an aromatic ring is 1. The van der Waals surface area contributed by atoms with Gasteiger partial charge in [-0.3, -0.25) is 4.79 Å². The number of nitrogens with one attached hydrogen (secondary N) is 1. The van der Waals surface area contributed by atoms with Crippen LogP contribution in [0.4, 0.5) is 10.1 Å². The maximum atomic E-state index is 13.1. The molecule has 0 fully saturated rings. The average molecular weight is 354 g/mol. The van der Waals surface area contributed by atoms with Crippen molar-refractivity contribution < 1.29 is 17.6 Å². The van der Waals surface area contributed by atoms with Crippen LogP contribution in [0.25, 0.3) is 0 Å². The largest absolute Gasteiger partial charge is 0.396 e. The topological polar surface area (TPSA) is 115 Å². The van der Waals surface area contributed by atoms with Gasteiger partial charge in [0.2, 0.25) is 15.9 Å². The highest BCUT2D eigenvalue weighted by atomic mass is 79.9. The maximum Gasteiger partial charge on any atom is 0.241 e. The van der Waals surface area contributed by atoms with Gasteiger partial charge in [-0.2, -0.15) is 0 Å². The quantitative estimate of drug-likeness (QED) is 0.516. The van der Waals surface area contributed by atoms with Crippen LogP contribution < -0.4 is 16.2 Å². The van der Waals surface area contributed by atoms with Gasteiger partial charge in [-0.25, -0.2) is 17.5 Å². The number of amides is 1. The van der Waals surface area contributed by atoms with E-state index in [9.17, 15) is 17.6 Å². The number of carbonyl (C=O) groups is 1. The Morgan fingerprint density at radius 3 is 2.63 bits per heavy atom. The van der Waals surface area contributed by atoms with E-state index in [4.69, 9.17) is 11.5 Å². The Morgan fingerprint density at radius 2 is 2.05 bits per heavy atom. The second-order valence-corrected chi connectivity index (χ2v) is 6.36. The maximum absolute atomic E-state index is 13.1. The molecule has 1 aromatic carbocycles. The fourth-order valence-electron chi connectivity index (χ4n) is 1.30. The predicted octanol–water partition coefficient (Wildman–Crippen LogP) is 0.714. The van der Waals surface area contributed by atoms with Crippen molar-refractivity contribution in [3.8, 4) is 0 Å². The first-order valence-corrected chi connectivity index (χ1v) is 7.54. The number of nitrogens with two attached hydrogens (primary N) is 2. The van der Waals surface area contributed by atoms with Crippen molar-refractivity contribution >= 4 is 37.5 Å². The summed E-state index contributed by atoms with van der Waals surface area (Å²) >= 11 is 2.96. The number of primary amides is 1. The number of halogens is 2. The van der Waals surface area contributed by atoms with Crippen LogP contribution in [0.2, 0.25) is 0 Å². The zero-order chi connectivity index (χ0) is 14.6. The Morgan fingerprint density at radius 1 is 1.42 bits per heavy atom. The predicted molar refractivity (Wildman–Crippen MR) is 72.1 cm³/mol. The minimum atomic E-state index is -3.82. The Labute approximate surface area is 118 Å². The van der Waals surface area contributed by atoms with Crippen LogP contribution in [0.3, 0.4) is 0 Å². The normalized spacial score (nSPS) is 11.5. The van der Waals surface area contributed by atoms with Crippen LogP contribution >= 0.6 is 15.9 Å². The van der Waals surface area contributed by atoms with Gasteiger partial charge in [-0.1, -0.05) is 0 Å². The van der Waals surface area contributed by atoms with Crippen molar-refractivity contribution in [2.45, 2.75) is 17.7 Å². The Bertz CT molecular complexity index is 592. The van der Waals surface area contributed by atoms with Gasteiger partial charge < -0.3 is 11.5 Å². The summed E-state index contributed by atoms with van der Waals surface area (Å²) in [6.45, 7) is 0.0506. The van der Waals surface area contributed by atoms with Gasteiger partial charge in [0.25, 0.3) is 0 Å². The van der Waals surface area contributed by atoms with Crippen molar-refractivity contribution in [2.24, 2.45) is 5.73 Å². The first-order valence-electron chi connectivity index (χ1n) is 5.26. The Balaban J connectivity index is 2.83. The lowest BCUT2D eigenvalue weighted by atomic mass is 10.3. The van der Waals surface area contributed by atoms with Crippen LogP contribution in [0.15, 0.2) is 21.5 Å². The summed E-state index contributed by atoms with van der Waals surface area (Å²) < 4.78 is 39.3. The highest BCUT2D eigenvalue weighted by molar-refractivity contribution is 9.10. The molecule has 5 N–H and O–H groups in total. The number of rotatable bonds is 6. The van der Waals surface area contributed by atoms with Gasteiger partial charge in [-0.15, -0.1) is 0 Å². The Hall–Kier alpha value is -1.19. The lowest BCUT2D eigenvalue weighted by Gasteiger charge is -2.09. The number of hydrogen-bond acceptors (Lipinski definition) is 4. The molecule has 106 valence electrons. The third kappa shape index (κ3) is 4.44. The molecular formula is C10H13BrFN3O3S. The molecule has 1 amide bonds. The second-order valence-electron chi connectivity index (χ2n) is 3.77. The van der Waals surface area contributed by atoms with E-state index in [0.29, 0.717) is 0 Å². The monoisotopic (exact) mass is 353 g/mol. The summed E-state index contributed by atoms with van der Waals surface area (Å²) in [7, 11) is -3.82. The molecule has 9 heteroatoms. The molecule has 0 aliphatic heterocycles. The molecule has 0 aromatic heterocycles. The van der Waals surface area contributed by atoms with Crippen molar-refractivity contribution in [3.63, 3.8) is 0 Å². The smallest absolute Gasteiger partial charge is 0.241 e. The van der Waals surface area contributed by atoms with Crippen molar-refractivity contribution in [1.29, 1.82) is 0 Å². The van der Waals surface area contributed by atoms with Crippen LogP contribution in [-0.2, 0) is 14.8 Å². The molecule has 0 bridgehead atoms. The lowest BCUT2D eigenvalue weighted by molar-refractivity contribution is -0.118. The molecule has 0 saturated heterocycles. The number of carbonyl (C=O) groups excluding carboxylic acids is 1. The van der Waals surface area contributed by atoms with E-state index in [1.165, 1.54) is 0 Å². The zero-order valence-corrected chi connectivity index (χ0v) is 12.2. The molecule has 0 atom stereocenters. The minimum absolute atomic E-state index is 0.0506. The van der Waals surface area contributed by atoms with Crippen LogP contribution in [0.1, 0.15) is 12.8 Å². The molecule has 0 spiro atoms. The zero-order valence-electron chi connectivity index (χ0n) is 9.82. The van der Waals surface area contributed by atoms with Crippen LogP contribution in [0, 0.1) is 5.82 Å². The molecule has 0 aliphatic rings. The van der Waals surface area contributed by atoms with E-state index in [0.717, 1.165) is 12.1 Å². The van der Waals surface area contributed by atoms with Crippen LogP contribution in [-0.4, -0.2) is 20.9 Å². The summed E-state index contributed by atoms with van der Waals surface area (Å²) in [5.41, 5.74) is 10.0. The van der Waals surface area contributed by atoms with Gasteiger partial charge >= 0.3 is 0 Å². The number of sulfonamides is 1. The number of benzene rings is 1. The molecular weight excluding hydrogens is 341 g/mol. The molecule has 1 rings (SSSR count). The summed E-state index contributed by atoms with van der Waals surface area (Å²) in [4.78, 5) is 10.3. The van der Waals surface area contributed by atoms with Crippen molar-refractivity contribution in [1.82, 2.24) is 4.72 Å². The van der Waals surface area contributed by atoms with Crippen LogP contribution in [0.5, 0.6) is 0 Å². The first-order chi connectivity index (χ1) is 8.74. The second kappa shape index (κ2) is 6.31. The molecule has 19 heavy (non-hydrogen) atoms. The molecule has 6 nitrogen and oxygen atoms in total. The van der Waals surface area contributed by atoms with Gasteiger partial charge in [0.05, 0.1) is 10.6 Å². The minimum Gasteiger partial charge on any atom is -0.396 e. The summed E-state index contributed by atoms with van der Waals surface area (Å²) in [5, 5.41) is 0. The third-order valence-electron chi connectivity index (χ3n) is 2.23. The summed E-state index contributed by atoms with van der Waals surface area (Å²) in [6.07, 6.45) is 0.359. The molecule has 0 aliphatic carbocycles. The summed E-state index contributed by atoms with van der Waals surface area (Å²) in [5.74, 6) is -1.22. The van der Waals surface area contributed by atoms with Gasteiger partial charge in [0.15, 0.2) is 0 Å². The highest BCUT2D eigenvalue weighted by Gasteiger charge is 2.19. The van der Waals surface area contributed by atoms with Gasteiger partial charge in [0, 0.05) is 17.4 Å². The van der Waals surface area contributed by atoms with E-state index in [2.05, 4.69) is 20.7 Å². The number of hydrogen-bond donors (Lipinski definition) is 3. The average Bonchev–Trinajstić information content (AvgIpc) is 2.29.